The van der Waals surface area contributed by atoms with Gasteiger partial charge in [0.1, 0.15) is 11.6 Å². The molecule has 0 aliphatic rings. The van der Waals surface area contributed by atoms with Gasteiger partial charge in [-0.1, -0.05) is 24.3 Å². The molecule has 9 heteroatoms. The van der Waals surface area contributed by atoms with Gasteiger partial charge in [-0.3, -0.25) is 9.59 Å². The van der Waals surface area contributed by atoms with Crippen molar-refractivity contribution < 1.29 is 18.4 Å². The number of nitrogens with one attached hydrogen (secondary N) is 2. The quantitative estimate of drug-likeness (QED) is 0.511. The summed E-state index contributed by atoms with van der Waals surface area (Å²) in [5.74, 6) is -1.59. The van der Waals surface area contributed by atoms with E-state index in [1.807, 2.05) is 0 Å². The lowest BCUT2D eigenvalue weighted by Crippen LogP contribution is -2.33. The van der Waals surface area contributed by atoms with Crippen molar-refractivity contribution in [2.75, 3.05) is 0 Å². The summed E-state index contributed by atoms with van der Waals surface area (Å²) >= 11 is 1.12. The molecule has 0 aliphatic carbocycles. The molecule has 0 fully saturated rings. The molecule has 0 radical (unpaired) electrons. The van der Waals surface area contributed by atoms with Crippen molar-refractivity contribution in [2.24, 2.45) is 10.2 Å². The minimum absolute atomic E-state index is 0.398. The summed E-state index contributed by atoms with van der Waals surface area (Å²) in [5.41, 5.74) is 5.73. The first-order valence-electron chi connectivity index (χ1n) is 8.67. The van der Waals surface area contributed by atoms with Crippen LogP contribution in [-0.4, -0.2) is 34.7 Å². The Bertz CT molecular complexity index is 847. The highest BCUT2D eigenvalue weighted by molar-refractivity contribution is 8.01. The second-order valence-electron chi connectivity index (χ2n) is 6.00. The number of hydrogen-bond acceptors (Lipinski definition) is 5. The monoisotopic (exact) mass is 418 g/mol. The summed E-state index contributed by atoms with van der Waals surface area (Å²) < 4.78 is 26.2. The Balaban J connectivity index is 1.78. The fourth-order valence-electron chi connectivity index (χ4n) is 2.13. The minimum atomic E-state index is -0.562. The number of halogens is 2. The number of rotatable bonds is 8. The van der Waals surface area contributed by atoms with Crippen molar-refractivity contribution in [1.29, 1.82) is 0 Å². The normalized spacial score (nSPS) is 13.4. The van der Waals surface area contributed by atoms with Crippen molar-refractivity contribution in [3.63, 3.8) is 0 Å². The van der Waals surface area contributed by atoms with Crippen molar-refractivity contribution in [3.05, 3.63) is 71.3 Å². The molecular formula is C20H20F2N4O2S. The third-order valence-corrected chi connectivity index (χ3v) is 4.87. The van der Waals surface area contributed by atoms with E-state index in [-0.39, 0.29) is 0 Å². The summed E-state index contributed by atoms with van der Waals surface area (Å²) in [6, 6.07) is 11.5. The fraction of sp³-hybridized carbons (Fsp3) is 0.200. The van der Waals surface area contributed by atoms with Crippen molar-refractivity contribution in [2.45, 2.75) is 24.3 Å². The maximum atomic E-state index is 13.1. The predicted octanol–water partition coefficient (Wildman–Crippen LogP) is 3.08. The molecule has 2 N–H and O–H groups in total. The third-order valence-electron chi connectivity index (χ3n) is 3.62. The summed E-state index contributed by atoms with van der Waals surface area (Å²) in [7, 11) is 0. The zero-order valence-electron chi connectivity index (χ0n) is 15.8. The molecule has 6 nitrogen and oxygen atoms in total. The zero-order valence-corrected chi connectivity index (χ0v) is 16.6. The van der Waals surface area contributed by atoms with E-state index in [0.717, 1.165) is 11.8 Å². The lowest BCUT2D eigenvalue weighted by molar-refractivity contribution is -0.120. The lowest BCUT2D eigenvalue weighted by atomic mass is 10.2. The Kier molecular flexibility index (Phi) is 8.47. The second-order valence-corrected chi connectivity index (χ2v) is 7.69. The number of carbonyl (C=O) groups excluding carboxylic acids is 2. The molecule has 0 aliphatic heterocycles. The van der Waals surface area contributed by atoms with Crippen LogP contribution >= 0.6 is 11.8 Å². The van der Waals surface area contributed by atoms with Crippen molar-refractivity contribution in [1.82, 2.24) is 10.9 Å². The molecule has 2 amide bonds. The number of hydrazone groups is 2. The molecule has 2 rings (SSSR count). The SMILES string of the molecule is CC(SC(C)C(=O)N/N=C\c1cccc(F)c1)C(=O)NN=Cc1cccc(F)c1. The molecule has 0 saturated carbocycles. The van der Waals surface area contributed by atoms with E-state index in [1.54, 1.807) is 26.0 Å². The minimum Gasteiger partial charge on any atom is -0.272 e. The number of benzene rings is 2. The Hall–Kier alpha value is -3.07. The number of hydrogen-bond donors (Lipinski definition) is 2. The van der Waals surface area contributed by atoms with Gasteiger partial charge < -0.3 is 0 Å². The van der Waals surface area contributed by atoms with Crippen LogP contribution < -0.4 is 10.9 Å². The van der Waals surface area contributed by atoms with Crippen LogP contribution in [-0.2, 0) is 9.59 Å². The summed E-state index contributed by atoms with van der Waals surface area (Å²) in [4.78, 5) is 24.1. The van der Waals surface area contributed by atoms with E-state index in [1.165, 1.54) is 48.8 Å². The summed E-state index contributed by atoms with van der Waals surface area (Å²) in [5, 5.41) is 6.45. The van der Waals surface area contributed by atoms with Gasteiger partial charge in [-0.2, -0.15) is 10.2 Å². The standard InChI is InChI=1S/C20H20F2N4O2S/c1-13(19(27)25-23-11-15-5-3-7-17(21)9-15)29-14(2)20(28)26-24-12-16-6-4-8-18(22)10-16/h3-14H,1-2H3,(H,25,27)(H,26,28)/b23-11-,24-12?. The smallest absolute Gasteiger partial charge is 0.252 e. The van der Waals surface area contributed by atoms with Crippen molar-refractivity contribution >= 4 is 36.0 Å². The average molecular weight is 418 g/mol. The molecule has 0 aromatic heterocycles. The van der Waals surface area contributed by atoms with Gasteiger partial charge in [0.2, 0.25) is 0 Å². The molecular weight excluding hydrogens is 398 g/mol. The molecule has 2 aromatic carbocycles. The Labute approximate surface area is 171 Å². The van der Waals surface area contributed by atoms with Crippen LogP contribution in [0.5, 0.6) is 0 Å². The highest BCUT2D eigenvalue weighted by Gasteiger charge is 2.21. The van der Waals surface area contributed by atoms with Gasteiger partial charge in [0.15, 0.2) is 0 Å². The molecule has 0 bridgehead atoms. The number of nitrogens with zero attached hydrogens (tertiary/aromatic N) is 2. The molecule has 2 aromatic rings. The van der Waals surface area contributed by atoms with E-state index in [0.29, 0.717) is 11.1 Å². The van der Waals surface area contributed by atoms with Gasteiger partial charge in [-0.15, -0.1) is 11.8 Å². The van der Waals surface area contributed by atoms with Gasteiger partial charge >= 0.3 is 0 Å². The zero-order chi connectivity index (χ0) is 21.2. The first-order chi connectivity index (χ1) is 13.8. The molecule has 152 valence electrons. The lowest BCUT2D eigenvalue weighted by Gasteiger charge is -2.14. The Morgan fingerprint density at radius 3 is 1.66 bits per heavy atom. The van der Waals surface area contributed by atoms with Gasteiger partial charge in [-0.05, 0) is 49.2 Å². The van der Waals surface area contributed by atoms with E-state index in [4.69, 9.17) is 0 Å². The van der Waals surface area contributed by atoms with Crippen LogP contribution in [0.1, 0.15) is 25.0 Å². The van der Waals surface area contributed by atoms with Crippen LogP contribution in [0.25, 0.3) is 0 Å². The molecule has 2 unspecified atom stereocenters. The topological polar surface area (TPSA) is 82.9 Å². The molecule has 0 heterocycles. The maximum Gasteiger partial charge on any atom is 0.252 e. The summed E-state index contributed by atoms with van der Waals surface area (Å²) in [6.45, 7) is 3.27. The third kappa shape index (κ3) is 7.82. The highest BCUT2D eigenvalue weighted by Crippen LogP contribution is 2.17. The molecule has 2 atom stereocenters. The van der Waals surface area contributed by atoms with Crippen molar-refractivity contribution in [3.8, 4) is 0 Å². The first-order valence-corrected chi connectivity index (χ1v) is 9.62. The predicted molar refractivity (Wildman–Crippen MR) is 111 cm³/mol. The van der Waals surface area contributed by atoms with E-state index in [9.17, 15) is 18.4 Å². The van der Waals surface area contributed by atoms with Crippen LogP contribution in [0.3, 0.4) is 0 Å². The number of amides is 2. The number of thioether (sulfide) groups is 1. The second kappa shape index (κ2) is 11.1. The van der Waals surface area contributed by atoms with E-state index >= 15 is 0 Å². The summed E-state index contributed by atoms with van der Waals surface area (Å²) in [6.07, 6.45) is 2.66. The molecule has 0 spiro atoms. The van der Waals surface area contributed by atoms with Gasteiger partial charge in [0.05, 0.1) is 22.9 Å². The van der Waals surface area contributed by atoms with E-state index in [2.05, 4.69) is 21.1 Å². The fourth-order valence-corrected chi connectivity index (χ4v) is 3.09. The molecule has 29 heavy (non-hydrogen) atoms. The number of carbonyl (C=O) groups is 2. The Morgan fingerprint density at radius 1 is 0.862 bits per heavy atom. The van der Waals surface area contributed by atoms with Crippen LogP contribution in [0.2, 0.25) is 0 Å². The molecule has 0 saturated heterocycles. The van der Waals surface area contributed by atoms with Crippen LogP contribution in [0.4, 0.5) is 8.78 Å². The van der Waals surface area contributed by atoms with Gasteiger partial charge in [0.25, 0.3) is 11.8 Å². The van der Waals surface area contributed by atoms with Gasteiger partial charge in [-0.25, -0.2) is 19.6 Å². The first kappa shape index (κ1) is 22.2. The van der Waals surface area contributed by atoms with Gasteiger partial charge in [0, 0.05) is 0 Å². The maximum absolute atomic E-state index is 13.1. The highest BCUT2D eigenvalue weighted by atomic mass is 32.2. The van der Waals surface area contributed by atoms with Crippen LogP contribution in [0, 0.1) is 11.6 Å². The van der Waals surface area contributed by atoms with Crippen LogP contribution in [0.15, 0.2) is 58.7 Å². The van der Waals surface area contributed by atoms with E-state index < -0.39 is 33.9 Å². The average Bonchev–Trinajstić information content (AvgIpc) is 2.67. The largest absolute Gasteiger partial charge is 0.272 e. The Morgan fingerprint density at radius 2 is 1.28 bits per heavy atom.